The summed E-state index contributed by atoms with van der Waals surface area (Å²) in [6, 6.07) is 32.2. The molecule has 4 N–H and O–H groups in total. The lowest BCUT2D eigenvalue weighted by molar-refractivity contribution is -0.131. The van der Waals surface area contributed by atoms with Crippen LogP contribution in [0.2, 0.25) is 18.1 Å². The zero-order chi connectivity index (χ0) is 46.6. The second-order valence-corrected chi connectivity index (χ2v) is 23.1. The Morgan fingerprint density at radius 1 is 0.892 bits per heavy atom. The van der Waals surface area contributed by atoms with Gasteiger partial charge in [0.2, 0.25) is 17.4 Å². The third kappa shape index (κ3) is 13.2. The number of rotatable bonds is 19. The van der Waals surface area contributed by atoms with Crippen molar-refractivity contribution in [2.75, 3.05) is 56.7 Å². The molecule has 3 amide bonds. The summed E-state index contributed by atoms with van der Waals surface area (Å²) in [7, 11) is -0.522. The van der Waals surface area contributed by atoms with Crippen molar-refractivity contribution in [2.45, 2.75) is 90.0 Å². The van der Waals surface area contributed by atoms with Crippen LogP contribution >= 0.6 is 0 Å². The number of pyridine rings is 1. The molecular weight excluding hydrogens is 837 g/mol. The number of para-hydroxylation sites is 1. The summed E-state index contributed by atoms with van der Waals surface area (Å²) in [6.07, 6.45) is 3.69. The summed E-state index contributed by atoms with van der Waals surface area (Å²) in [6.45, 7) is 14.0. The summed E-state index contributed by atoms with van der Waals surface area (Å²) < 4.78 is 12.7. The van der Waals surface area contributed by atoms with Crippen LogP contribution in [0.5, 0.6) is 5.75 Å². The van der Waals surface area contributed by atoms with E-state index in [0.717, 1.165) is 65.7 Å². The highest BCUT2D eigenvalue weighted by Gasteiger charge is 2.40. The smallest absolute Gasteiger partial charge is 0.429 e. The molecule has 1 aliphatic heterocycles. The zero-order valence-electron chi connectivity index (χ0n) is 38.8. The molecule has 5 aromatic rings. The maximum Gasteiger partial charge on any atom is 0.429 e. The standard InChI is InChI=1S/C51H66N6O7Si/c1-51(2,3)65(5,6)64-45(41-24-26-44(58)49-42(41)25-27-47(60)54-49)36-52-30-28-37-17-15-20-39(35-37)53-46(59)23-16-31-55(4)48(61)29-34-63-50(62)57(56-32-13-8-14-33-56)43-22-12-11-21-40(43)38-18-9-7-10-19-38/h7,9-12,15,17-22,24-27,35,45,52,58H,8,13-14,16,23,28-34,36H2,1-6H3,(H,53,59)(H,54,60)/t45-/m1/s1. The number of aromatic nitrogens is 1. The number of carbonyl (C=O) groups excluding carboxylic acids is 3. The number of carbonyl (C=O) groups is 3. The van der Waals surface area contributed by atoms with Gasteiger partial charge in [0, 0.05) is 62.4 Å². The van der Waals surface area contributed by atoms with Gasteiger partial charge < -0.3 is 34.8 Å². The number of hydrogen-bond donors (Lipinski definition) is 4. The molecule has 14 heteroatoms. The highest BCUT2D eigenvalue weighted by molar-refractivity contribution is 6.74. The van der Waals surface area contributed by atoms with E-state index < -0.39 is 14.4 Å². The molecule has 2 heterocycles. The second kappa shape index (κ2) is 22.4. The van der Waals surface area contributed by atoms with Crippen molar-refractivity contribution in [3.8, 4) is 16.9 Å². The van der Waals surface area contributed by atoms with Crippen molar-refractivity contribution in [3.05, 3.63) is 125 Å². The molecule has 1 fully saturated rings. The van der Waals surface area contributed by atoms with Crippen molar-refractivity contribution in [3.63, 3.8) is 0 Å². The van der Waals surface area contributed by atoms with Crippen LogP contribution in [0.4, 0.5) is 16.2 Å². The number of piperidine rings is 1. The average molecular weight is 903 g/mol. The summed E-state index contributed by atoms with van der Waals surface area (Å²) in [5, 5.41) is 21.5. The van der Waals surface area contributed by atoms with E-state index in [4.69, 9.17) is 9.16 Å². The van der Waals surface area contributed by atoms with Crippen LogP contribution in [-0.2, 0) is 25.2 Å². The number of hydrazine groups is 1. The van der Waals surface area contributed by atoms with Gasteiger partial charge in [-0.2, -0.15) is 0 Å². The molecule has 1 aliphatic rings. The molecule has 0 unspecified atom stereocenters. The molecule has 346 valence electrons. The third-order valence-corrected chi connectivity index (χ3v) is 17.0. The van der Waals surface area contributed by atoms with E-state index >= 15 is 0 Å². The summed E-state index contributed by atoms with van der Waals surface area (Å²) in [4.78, 5) is 56.3. The fraction of sp³-hybridized carbons (Fsp3) is 0.412. The number of anilines is 2. The number of amides is 3. The van der Waals surface area contributed by atoms with Crippen LogP contribution in [0.25, 0.3) is 22.0 Å². The maximum atomic E-state index is 13.7. The van der Waals surface area contributed by atoms with Crippen LogP contribution in [0.3, 0.4) is 0 Å². The van der Waals surface area contributed by atoms with Crippen molar-refractivity contribution >= 4 is 48.5 Å². The lowest BCUT2D eigenvalue weighted by atomic mass is 10.0. The minimum absolute atomic E-state index is 0.0134. The van der Waals surface area contributed by atoms with Gasteiger partial charge in [-0.3, -0.25) is 14.4 Å². The summed E-state index contributed by atoms with van der Waals surface area (Å²) in [5.41, 5.74) is 5.42. The molecule has 0 saturated carbocycles. The molecule has 0 bridgehead atoms. The quantitative estimate of drug-likeness (QED) is 0.0469. The maximum absolute atomic E-state index is 13.7. The molecule has 1 atom stereocenters. The monoisotopic (exact) mass is 902 g/mol. The number of benzene rings is 4. The van der Waals surface area contributed by atoms with Gasteiger partial charge >= 0.3 is 6.09 Å². The number of fused-ring (bicyclic) bond motifs is 1. The SMILES string of the molecule is CN(CCCC(=O)Nc1cccc(CCNC[C@@H](O[Si](C)(C)C(C)(C)C)c2ccc(O)c3[nH]c(=O)ccc23)c1)C(=O)CCOC(=O)N(c1ccccc1-c1ccccc1)N1CCCCC1. The predicted octanol–water partition coefficient (Wildman–Crippen LogP) is 9.41. The van der Waals surface area contributed by atoms with Crippen LogP contribution in [-0.4, -0.2) is 92.6 Å². The highest BCUT2D eigenvalue weighted by atomic mass is 28.4. The van der Waals surface area contributed by atoms with Crippen LogP contribution in [0.15, 0.2) is 108 Å². The number of phenolic OH excluding ortho intramolecular Hbond substituents is 1. The molecule has 1 saturated heterocycles. The van der Waals surface area contributed by atoms with Crippen molar-refractivity contribution in [2.24, 2.45) is 0 Å². The lowest BCUT2D eigenvalue weighted by Gasteiger charge is -2.39. The van der Waals surface area contributed by atoms with E-state index in [0.29, 0.717) is 43.7 Å². The Hall–Kier alpha value is -5.80. The number of nitrogens with one attached hydrogen (secondary N) is 3. The first kappa shape index (κ1) is 48.6. The Morgan fingerprint density at radius 3 is 2.38 bits per heavy atom. The first-order valence-corrected chi connectivity index (χ1v) is 25.7. The van der Waals surface area contributed by atoms with Gasteiger partial charge in [-0.15, -0.1) is 0 Å². The van der Waals surface area contributed by atoms with Gasteiger partial charge in [0.25, 0.3) is 0 Å². The van der Waals surface area contributed by atoms with Gasteiger partial charge in [-0.25, -0.2) is 14.8 Å². The average Bonchev–Trinajstić information content (AvgIpc) is 3.28. The van der Waals surface area contributed by atoms with E-state index in [9.17, 15) is 24.3 Å². The Morgan fingerprint density at radius 2 is 1.63 bits per heavy atom. The van der Waals surface area contributed by atoms with Crippen LogP contribution in [0, 0.1) is 0 Å². The fourth-order valence-electron chi connectivity index (χ4n) is 7.82. The third-order valence-electron chi connectivity index (χ3n) is 12.5. The van der Waals surface area contributed by atoms with E-state index in [1.54, 1.807) is 29.1 Å². The molecule has 6 rings (SSSR count). The Balaban J connectivity index is 0.956. The number of H-pyrrole nitrogens is 1. The molecule has 0 spiro atoms. The molecule has 65 heavy (non-hydrogen) atoms. The largest absolute Gasteiger partial charge is 0.506 e. The Labute approximate surface area is 384 Å². The predicted molar refractivity (Wildman–Crippen MR) is 262 cm³/mol. The van der Waals surface area contributed by atoms with Gasteiger partial charge in [-0.05, 0) is 97.4 Å². The van der Waals surface area contributed by atoms with Crippen molar-refractivity contribution < 1.29 is 28.7 Å². The van der Waals surface area contributed by atoms with Gasteiger partial charge in [0.15, 0.2) is 8.32 Å². The molecule has 0 aliphatic carbocycles. The van der Waals surface area contributed by atoms with E-state index in [-0.39, 0.29) is 53.7 Å². The number of ether oxygens (including phenoxy) is 1. The fourth-order valence-corrected chi connectivity index (χ4v) is 9.10. The van der Waals surface area contributed by atoms with Crippen molar-refractivity contribution in [1.82, 2.24) is 20.2 Å². The Bertz CT molecular complexity index is 2450. The molecular formula is C51H66N6O7Si. The number of hydrogen-bond acceptors (Lipinski definition) is 9. The first-order valence-electron chi connectivity index (χ1n) is 22.8. The number of aromatic hydroxyl groups is 1. The number of nitrogens with zero attached hydrogens (tertiary/aromatic N) is 3. The molecule has 0 radical (unpaired) electrons. The van der Waals surface area contributed by atoms with E-state index in [2.05, 4.69) is 49.5 Å². The van der Waals surface area contributed by atoms with Gasteiger partial charge in [0.1, 0.15) is 12.4 Å². The molecule has 13 nitrogen and oxygen atoms in total. The summed E-state index contributed by atoms with van der Waals surface area (Å²) >= 11 is 0. The summed E-state index contributed by atoms with van der Waals surface area (Å²) in [5.74, 6) is -0.296. The van der Waals surface area contributed by atoms with Crippen LogP contribution < -0.4 is 21.2 Å². The van der Waals surface area contributed by atoms with Crippen LogP contribution in [0.1, 0.15) is 76.5 Å². The van der Waals surface area contributed by atoms with E-state index in [1.807, 2.05) is 89.9 Å². The molecule has 4 aromatic carbocycles. The van der Waals surface area contributed by atoms with E-state index in [1.165, 1.54) is 6.07 Å². The zero-order valence-corrected chi connectivity index (χ0v) is 39.8. The highest BCUT2D eigenvalue weighted by Crippen LogP contribution is 2.41. The Kier molecular flexibility index (Phi) is 16.8. The minimum atomic E-state index is -2.22. The first-order chi connectivity index (χ1) is 31.1. The minimum Gasteiger partial charge on any atom is -0.506 e. The topological polar surface area (TPSA) is 157 Å². The van der Waals surface area contributed by atoms with Gasteiger partial charge in [0.05, 0.1) is 23.7 Å². The molecule has 1 aromatic heterocycles. The van der Waals surface area contributed by atoms with Gasteiger partial charge in [-0.1, -0.05) is 93.9 Å². The number of aromatic amines is 1. The normalized spacial score (nSPS) is 13.9. The second-order valence-electron chi connectivity index (χ2n) is 18.3. The lowest BCUT2D eigenvalue weighted by Crippen LogP contribution is -2.49. The number of phenols is 1. The van der Waals surface area contributed by atoms with Crippen molar-refractivity contribution in [1.29, 1.82) is 0 Å².